The van der Waals surface area contributed by atoms with E-state index in [1.165, 1.54) is 11.3 Å². The van der Waals surface area contributed by atoms with Crippen molar-refractivity contribution in [2.24, 2.45) is 5.92 Å². The Morgan fingerprint density at radius 1 is 1.12 bits per heavy atom. The molecule has 24 heavy (non-hydrogen) atoms. The fraction of sp³-hybridized carbons (Fsp3) is 0.368. The number of piperidine rings is 1. The van der Waals surface area contributed by atoms with E-state index in [9.17, 15) is 9.59 Å². The van der Waals surface area contributed by atoms with E-state index < -0.39 is 0 Å². The molecule has 3 rings (SSSR count). The Labute approximate surface area is 146 Å². The van der Waals surface area contributed by atoms with Crippen molar-refractivity contribution in [1.82, 2.24) is 10.2 Å². The van der Waals surface area contributed by atoms with Gasteiger partial charge in [0.2, 0.25) is 5.91 Å². The van der Waals surface area contributed by atoms with Gasteiger partial charge in [0.15, 0.2) is 0 Å². The van der Waals surface area contributed by atoms with Crippen molar-refractivity contribution in [3.63, 3.8) is 0 Å². The molecule has 0 aliphatic carbocycles. The van der Waals surface area contributed by atoms with Crippen LogP contribution in [0, 0.1) is 5.92 Å². The van der Waals surface area contributed by atoms with Crippen molar-refractivity contribution in [1.29, 1.82) is 0 Å². The number of likely N-dealkylation sites (tertiary alicyclic amines) is 1. The van der Waals surface area contributed by atoms with Crippen LogP contribution >= 0.6 is 11.3 Å². The lowest BCUT2D eigenvalue weighted by Gasteiger charge is -2.31. The topological polar surface area (TPSA) is 49.4 Å². The predicted octanol–water partition coefficient (Wildman–Crippen LogP) is 3.48. The zero-order chi connectivity index (χ0) is 16.9. The average Bonchev–Trinajstić information content (AvgIpc) is 3.16. The lowest BCUT2D eigenvalue weighted by Crippen LogP contribution is -2.43. The van der Waals surface area contributed by atoms with Crippen LogP contribution in [-0.4, -0.2) is 29.8 Å². The Kier molecular flexibility index (Phi) is 5.30. The Hall–Kier alpha value is -2.14. The number of carbonyl (C=O) groups is 2. The van der Waals surface area contributed by atoms with Crippen LogP contribution in [0.2, 0.25) is 0 Å². The van der Waals surface area contributed by atoms with E-state index in [1.54, 1.807) is 0 Å². The molecule has 0 bridgehead atoms. The second kappa shape index (κ2) is 7.62. The van der Waals surface area contributed by atoms with E-state index >= 15 is 0 Å². The number of nitrogens with zero attached hydrogens (tertiary/aromatic N) is 1. The second-order valence-corrected chi connectivity index (χ2v) is 7.13. The molecule has 0 spiro atoms. The van der Waals surface area contributed by atoms with Crippen LogP contribution in [-0.2, 0) is 4.79 Å². The third-order valence-corrected chi connectivity index (χ3v) is 5.40. The summed E-state index contributed by atoms with van der Waals surface area (Å²) in [6.45, 7) is 3.30. The van der Waals surface area contributed by atoms with Gasteiger partial charge in [-0.2, -0.15) is 0 Å². The SMILES string of the molecule is C[C@H](NC(=O)C1CCN(C(=O)c2cccs2)CC1)c1ccccc1. The highest BCUT2D eigenvalue weighted by Crippen LogP contribution is 2.22. The van der Waals surface area contributed by atoms with Gasteiger partial charge >= 0.3 is 0 Å². The number of hydrogen-bond acceptors (Lipinski definition) is 3. The maximum Gasteiger partial charge on any atom is 0.263 e. The van der Waals surface area contributed by atoms with Crippen LogP contribution < -0.4 is 5.32 Å². The summed E-state index contributed by atoms with van der Waals surface area (Å²) >= 11 is 1.47. The third-order valence-electron chi connectivity index (χ3n) is 4.54. The van der Waals surface area contributed by atoms with Gasteiger partial charge in [-0.05, 0) is 36.8 Å². The van der Waals surface area contributed by atoms with E-state index in [0.717, 1.165) is 23.3 Å². The molecule has 1 N–H and O–H groups in total. The molecule has 1 saturated heterocycles. The first-order chi connectivity index (χ1) is 11.6. The van der Waals surface area contributed by atoms with Crippen molar-refractivity contribution >= 4 is 23.2 Å². The number of rotatable bonds is 4. The lowest BCUT2D eigenvalue weighted by atomic mass is 9.95. The smallest absolute Gasteiger partial charge is 0.263 e. The minimum Gasteiger partial charge on any atom is -0.349 e. The summed E-state index contributed by atoms with van der Waals surface area (Å²) in [5, 5.41) is 5.01. The Bertz CT molecular complexity index is 677. The Balaban J connectivity index is 1.51. The second-order valence-electron chi connectivity index (χ2n) is 6.18. The minimum absolute atomic E-state index is 0.00415. The summed E-state index contributed by atoms with van der Waals surface area (Å²) in [7, 11) is 0. The molecule has 0 saturated carbocycles. The molecule has 2 amide bonds. The van der Waals surface area contributed by atoms with Crippen LogP contribution in [0.5, 0.6) is 0 Å². The zero-order valence-electron chi connectivity index (χ0n) is 13.8. The molecule has 1 aliphatic heterocycles. The largest absolute Gasteiger partial charge is 0.349 e. The number of benzene rings is 1. The van der Waals surface area contributed by atoms with Gasteiger partial charge in [0, 0.05) is 19.0 Å². The molecular weight excluding hydrogens is 320 g/mol. The molecule has 4 nitrogen and oxygen atoms in total. The minimum atomic E-state index is -0.0106. The number of thiophene rings is 1. The molecule has 1 atom stereocenters. The molecule has 2 heterocycles. The van der Waals surface area contributed by atoms with Crippen molar-refractivity contribution in [2.75, 3.05) is 13.1 Å². The first-order valence-corrected chi connectivity index (χ1v) is 9.21. The van der Waals surface area contributed by atoms with Gasteiger partial charge in [-0.15, -0.1) is 11.3 Å². The number of carbonyl (C=O) groups excluding carboxylic acids is 2. The van der Waals surface area contributed by atoms with E-state index in [0.29, 0.717) is 13.1 Å². The number of hydrogen-bond donors (Lipinski definition) is 1. The van der Waals surface area contributed by atoms with Gasteiger partial charge in [0.25, 0.3) is 5.91 Å². The quantitative estimate of drug-likeness (QED) is 0.925. The maximum atomic E-state index is 12.5. The molecule has 1 aliphatic rings. The summed E-state index contributed by atoms with van der Waals surface area (Å²) in [5.41, 5.74) is 1.11. The Morgan fingerprint density at radius 2 is 1.83 bits per heavy atom. The fourth-order valence-corrected chi connectivity index (χ4v) is 3.75. The van der Waals surface area contributed by atoms with Crippen LogP contribution in [0.4, 0.5) is 0 Å². The van der Waals surface area contributed by atoms with Crippen molar-refractivity contribution in [3.8, 4) is 0 Å². The van der Waals surface area contributed by atoms with Gasteiger partial charge in [-0.3, -0.25) is 9.59 Å². The molecular formula is C19H22N2O2S. The highest BCUT2D eigenvalue weighted by atomic mass is 32.1. The van der Waals surface area contributed by atoms with Crippen molar-refractivity contribution in [2.45, 2.75) is 25.8 Å². The number of amides is 2. The maximum absolute atomic E-state index is 12.5. The molecule has 2 aromatic rings. The van der Waals surface area contributed by atoms with Crippen molar-refractivity contribution < 1.29 is 9.59 Å². The zero-order valence-corrected chi connectivity index (χ0v) is 14.6. The molecule has 1 aromatic heterocycles. The van der Waals surface area contributed by atoms with E-state index in [4.69, 9.17) is 0 Å². The summed E-state index contributed by atoms with van der Waals surface area (Å²) in [6, 6.07) is 13.7. The van der Waals surface area contributed by atoms with E-state index in [2.05, 4.69) is 5.32 Å². The van der Waals surface area contributed by atoms with Gasteiger partial charge in [0.1, 0.15) is 0 Å². The lowest BCUT2D eigenvalue weighted by molar-refractivity contribution is -0.126. The molecule has 0 unspecified atom stereocenters. The predicted molar refractivity (Wildman–Crippen MR) is 95.9 cm³/mol. The highest BCUT2D eigenvalue weighted by molar-refractivity contribution is 7.12. The standard InChI is InChI=1S/C19H22N2O2S/c1-14(15-6-3-2-4-7-15)20-18(22)16-9-11-21(12-10-16)19(23)17-8-5-13-24-17/h2-8,13-14,16H,9-12H2,1H3,(H,20,22)/t14-/m0/s1. The van der Waals surface area contributed by atoms with Crippen molar-refractivity contribution in [3.05, 3.63) is 58.3 Å². The third kappa shape index (κ3) is 3.85. The normalized spacial score (nSPS) is 16.6. The Morgan fingerprint density at radius 3 is 2.46 bits per heavy atom. The van der Waals surface area contributed by atoms with Crippen LogP contribution in [0.15, 0.2) is 47.8 Å². The molecule has 0 radical (unpaired) electrons. The monoisotopic (exact) mass is 342 g/mol. The van der Waals surface area contributed by atoms with Gasteiger partial charge < -0.3 is 10.2 Å². The van der Waals surface area contributed by atoms with E-state index in [-0.39, 0.29) is 23.8 Å². The fourth-order valence-electron chi connectivity index (χ4n) is 3.06. The van der Waals surface area contributed by atoms with Crippen LogP contribution in [0.1, 0.15) is 41.0 Å². The summed E-state index contributed by atoms with van der Waals surface area (Å²) < 4.78 is 0. The van der Waals surface area contributed by atoms with Crippen LogP contribution in [0.25, 0.3) is 0 Å². The number of nitrogens with one attached hydrogen (secondary N) is 1. The molecule has 1 aromatic carbocycles. The summed E-state index contributed by atoms with van der Waals surface area (Å²) in [4.78, 5) is 27.4. The molecule has 126 valence electrons. The van der Waals surface area contributed by atoms with Gasteiger partial charge in [-0.1, -0.05) is 36.4 Å². The van der Waals surface area contributed by atoms with Gasteiger partial charge in [-0.25, -0.2) is 0 Å². The molecule has 1 fully saturated rings. The first-order valence-electron chi connectivity index (χ1n) is 8.33. The van der Waals surface area contributed by atoms with E-state index in [1.807, 2.05) is 59.7 Å². The summed E-state index contributed by atoms with van der Waals surface area (Å²) in [6.07, 6.45) is 1.45. The first kappa shape index (κ1) is 16.7. The molecule has 5 heteroatoms. The highest BCUT2D eigenvalue weighted by Gasteiger charge is 2.28. The van der Waals surface area contributed by atoms with Gasteiger partial charge in [0.05, 0.1) is 10.9 Å². The average molecular weight is 342 g/mol. The van der Waals surface area contributed by atoms with Crippen LogP contribution in [0.3, 0.4) is 0 Å². The summed E-state index contributed by atoms with van der Waals surface area (Å²) in [5.74, 6) is 0.166.